The third-order valence-corrected chi connectivity index (χ3v) is 9.87. The molecule has 5 saturated heterocycles. The van der Waals surface area contributed by atoms with Gasteiger partial charge in [0.25, 0.3) is 0 Å². The molecule has 5 aliphatic heterocycles. The van der Waals surface area contributed by atoms with E-state index in [9.17, 15) is 76.6 Å². The van der Waals surface area contributed by atoms with E-state index in [1.807, 2.05) is 0 Å². The molecular weight excluding hydrogens is 732 g/mol. The summed E-state index contributed by atoms with van der Waals surface area (Å²) < 4.78 is 50.7. The van der Waals surface area contributed by atoms with Crippen LogP contribution in [0.25, 0.3) is 0 Å². The molecule has 0 aromatic rings. The van der Waals surface area contributed by atoms with Crippen molar-refractivity contribution in [3.05, 3.63) is 0 Å². The number of hydrogen-bond acceptors (Lipinski definition) is 24. The van der Waals surface area contributed by atoms with Gasteiger partial charge in [0.2, 0.25) is 0 Å². The Morgan fingerprint density at radius 2 is 0.962 bits per heavy atom. The molecule has 5 rings (SSSR count). The second-order valence-electron chi connectivity index (χ2n) is 13.5. The molecule has 310 valence electrons. The summed E-state index contributed by atoms with van der Waals surface area (Å²) in [5.74, 6) is 0. The molecule has 5 fully saturated rings. The van der Waals surface area contributed by atoms with Gasteiger partial charge in [0.05, 0.1) is 32.5 Å². The van der Waals surface area contributed by atoms with Gasteiger partial charge in [0.15, 0.2) is 31.5 Å². The summed E-state index contributed by atoms with van der Waals surface area (Å²) >= 11 is 0. The van der Waals surface area contributed by atoms with Crippen molar-refractivity contribution in [2.75, 3.05) is 26.4 Å². The number of aliphatic hydroxyl groups excluding tert-OH is 15. The van der Waals surface area contributed by atoms with Crippen molar-refractivity contribution in [2.24, 2.45) is 0 Å². The number of hydrogen-bond donors (Lipinski definition) is 15. The van der Waals surface area contributed by atoms with Crippen molar-refractivity contribution in [1.82, 2.24) is 0 Å². The highest BCUT2D eigenvalue weighted by Gasteiger charge is 2.56. The highest BCUT2D eigenvalue weighted by atomic mass is 16.8. The highest BCUT2D eigenvalue weighted by molar-refractivity contribution is 4.98. The van der Waals surface area contributed by atoms with Crippen LogP contribution < -0.4 is 0 Å². The van der Waals surface area contributed by atoms with Crippen LogP contribution >= 0.6 is 0 Å². The fourth-order valence-electron chi connectivity index (χ4n) is 6.53. The van der Waals surface area contributed by atoms with Crippen molar-refractivity contribution in [2.45, 2.75) is 154 Å². The maximum atomic E-state index is 11.3. The fraction of sp³-hybridized carbons (Fsp3) is 1.00. The normalized spacial score (nSPS) is 54.1. The van der Waals surface area contributed by atoms with E-state index in [-0.39, 0.29) is 0 Å². The molecule has 0 saturated carbocycles. The van der Waals surface area contributed by atoms with E-state index in [1.54, 1.807) is 0 Å². The average Bonchev–Trinajstić information content (AvgIpc) is 3.14. The van der Waals surface area contributed by atoms with Gasteiger partial charge in [-0.15, -0.1) is 0 Å². The van der Waals surface area contributed by atoms with Crippen LogP contribution in [-0.2, 0) is 42.6 Å². The minimum atomic E-state index is -2.03. The molecule has 24 nitrogen and oxygen atoms in total. The van der Waals surface area contributed by atoms with Crippen molar-refractivity contribution in [3.8, 4) is 0 Å². The molecule has 0 bridgehead atoms. The van der Waals surface area contributed by atoms with E-state index in [1.165, 1.54) is 6.92 Å². The topological polar surface area (TPSA) is 387 Å². The Hall–Kier alpha value is -0.960. The van der Waals surface area contributed by atoms with Crippen molar-refractivity contribution >= 4 is 0 Å². The summed E-state index contributed by atoms with van der Waals surface area (Å²) in [4.78, 5) is 0. The van der Waals surface area contributed by atoms with E-state index < -0.39 is 174 Å². The summed E-state index contributed by atoms with van der Waals surface area (Å²) in [6, 6.07) is 0. The quantitative estimate of drug-likeness (QED) is 0.0925. The molecule has 0 aromatic carbocycles. The van der Waals surface area contributed by atoms with Gasteiger partial charge in [-0.05, 0) is 6.92 Å². The molecule has 0 aromatic heterocycles. The third kappa shape index (κ3) is 8.96. The van der Waals surface area contributed by atoms with Crippen LogP contribution in [0.5, 0.6) is 0 Å². The molecule has 5 heterocycles. The van der Waals surface area contributed by atoms with Gasteiger partial charge in [0.1, 0.15) is 110 Å². The molecule has 0 radical (unpaired) electrons. The maximum Gasteiger partial charge on any atom is 0.187 e. The molecule has 0 amide bonds. The molecule has 24 heteroatoms. The van der Waals surface area contributed by atoms with Gasteiger partial charge in [-0.3, -0.25) is 0 Å². The van der Waals surface area contributed by atoms with E-state index >= 15 is 0 Å². The first-order chi connectivity index (χ1) is 25.0. The van der Waals surface area contributed by atoms with Crippen LogP contribution in [0.3, 0.4) is 0 Å². The summed E-state index contributed by atoms with van der Waals surface area (Å²) in [6.45, 7) is -1.72. The third-order valence-electron chi connectivity index (χ3n) is 9.87. The Morgan fingerprint density at radius 3 is 1.60 bits per heavy atom. The molecule has 0 unspecified atom stereocenters. The summed E-state index contributed by atoms with van der Waals surface area (Å²) in [5.41, 5.74) is 0. The predicted octanol–water partition coefficient (Wildman–Crippen LogP) is -10.3. The van der Waals surface area contributed by atoms with Gasteiger partial charge in [-0.25, -0.2) is 0 Å². The van der Waals surface area contributed by atoms with Crippen LogP contribution in [0.2, 0.25) is 0 Å². The predicted molar refractivity (Wildman–Crippen MR) is 159 cm³/mol. The molecular formula is C29H50O24. The smallest absolute Gasteiger partial charge is 0.187 e. The number of ether oxygens (including phenoxy) is 9. The lowest BCUT2D eigenvalue weighted by atomic mass is 9.96. The Morgan fingerprint density at radius 1 is 0.453 bits per heavy atom. The van der Waals surface area contributed by atoms with E-state index in [0.717, 1.165) is 0 Å². The lowest BCUT2D eigenvalue weighted by molar-refractivity contribution is -0.406. The van der Waals surface area contributed by atoms with E-state index in [4.69, 9.17) is 42.6 Å². The van der Waals surface area contributed by atoms with Gasteiger partial charge in [-0.1, -0.05) is 0 Å². The fourth-order valence-corrected chi connectivity index (χ4v) is 6.53. The molecule has 15 N–H and O–H groups in total. The van der Waals surface area contributed by atoms with E-state index in [0.29, 0.717) is 0 Å². The molecule has 24 atom stereocenters. The number of rotatable bonds is 11. The van der Waals surface area contributed by atoms with Crippen LogP contribution in [0.4, 0.5) is 0 Å². The van der Waals surface area contributed by atoms with E-state index in [2.05, 4.69) is 0 Å². The SMILES string of the molecule is C[C@@H]1O[C@@H](O[C@H]2[C@H](O[C@H]3[C@H](OC[C@H]4O[C@@H](O)[C@H](O)[C@@H](O)[C@@H]4O)OC[C@H](O)[C@@H]3O)O[C@H](CO)[C@@H](O)[C@@H]2O[C@@H]2O[C@H](CO)[C@@H](O)[C@H](O)[C@H]2O)[C@H](O)[C@H](O)[C@H]1O. The van der Waals surface area contributed by atoms with Crippen molar-refractivity contribution < 1.29 is 119 Å². The number of aliphatic hydroxyl groups is 15. The first-order valence-corrected chi connectivity index (χ1v) is 16.9. The largest absolute Gasteiger partial charge is 0.394 e. The maximum absolute atomic E-state index is 11.3. The Labute approximate surface area is 300 Å². The zero-order valence-electron chi connectivity index (χ0n) is 28.1. The average molecular weight is 783 g/mol. The Balaban J connectivity index is 1.44. The van der Waals surface area contributed by atoms with Gasteiger partial charge >= 0.3 is 0 Å². The first-order valence-electron chi connectivity index (χ1n) is 16.9. The Kier molecular flexibility index (Phi) is 14.7. The summed E-state index contributed by atoms with van der Waals surface area (Å²) in [5, 5.41) is 155. The molecule has 53 heavy (non-hydrogen) atoms. The second kappa shape index (κ2) is 18.1. The van der Waals surface area contributed by atoms with Crippen molar-refractivity contribution in [3.63, 3.8) is 0 Å². The van der Waals surface area contributed by atoms with Gasteiger partial charge in [-0.2, -0.15) is 0 Å². The van der Waals surface area contributed by atoms with Crippen LogP contribution in [0.15, 0.2) is 0 Å². The van der Waals surface area contributed by atoms with Crippen LogP contribution in [-0.4, -0.2) is 250 Å². The van der Waals surface area contributed by atoms with Gasteiger partial charge in [0, 0.05) is 0 Å². The minimum Gasteiger partial charge on any atom is -0.394 e. The van der Waals surface area contributed by atoms with Crippen LogP contribution in [0, 0.1) is 0 Å². The lowest BCUT2D eigenvalue weighted by Gasteiger charge is -2.50. The standard InChI is InChI=1S/C29H50O24/c1-6-11(33)16(38)20(42)26(47-6)53-24-22(51-27-21(43)18(40)13(35)8(2-30)49-27)15(37)9(3-31)50-29(24)52-23-12(34)7(32)4-45-28(23)46-5-10-14(36)17(39)19(41)25(44)48-10/h6-44H,2-5H2,1H3/t6-,7-,8+,9+,10+,11-,12-,13+,14+,15+,16+,17-,18-,19+,20+,21+,22-,23+,24+,25+,26-,27-,28-,29-/m0/s1. The molecule has 0 spiro atoms. The highest BCUT2D eigenvalue weighted by Crippen LogP contribution is 2.36. The van der Waals surface area contributed by atoms with Crippen molar-refractivity contribution in [1.29, 1.82) is 0 Å². The summed E-state index contributed by atoms with van der Waals surface area (Å²) in [6.07, 6.45) is -42.9. The summed E-state index contributed by atoms with van der Waals surface area (Å²) in [7, 11) is 0. The zero-order valence-corrected chi connectivity index (χ0v) is 28.1. The Bertz CT molecular complexity index is 1140. The zero-order chi connectivity index (χ0) is 39.0. The van der Waals surface area contributed by atoms with Crippen LogP contribution in [0.1, 0.15) is 6.92 Å². The lowest BCUT2D eigenvalue weighted by Crippen LogP contribution is -2.68. The first kappa shape index (κ1) is 43.2. The molecule has 0 aliphatic carbocycles. The molecule has 5 aliphatic rings. The second-order valence-corrected chi connectivity index (χ2v) is 13.5. The monoisotopic (exact) mass is 782 g/mol. The minimum absolute atomic E-state index is 0.545. The van der Waals surface area contributed by atoms with Gasteiger partial charge < -0.3 is 119 Å².